The van der Waals surface area contributed by atoms with Crippen molar-refractivity contribution in [1.82, 2.24) is 15.1 Å². The molecule has 5 heteroatoms. The first kappa shape index (κ1) is 14.9. The summed E-state index contributed by atoms with van der Waals surface area (Å²) in [5.74, 6) is 0.625. The molecule has 2 heterocycles. The SMILES string of the molecule is NC[C@@H]1CN(C(=O)c2cccc3cn[nH]c23)C[C@H]1c1ccccc1. The quantitative estimate of drug-likeness (QED) is 0.778. The molecule has 0 aliphatic carbocycles. The molecule has 3 N–H and O–H groups in total. The zero-order valence-electron chi connectivity index (χ0n) is 13.4. The number of amides is 1. The molecule has 0 radical (unpaired) electrons. The Balaban J connectivity index is 1.63. The molecule has 1 amide bonds. The van der Waals surface area contributed by atoms with E-state index in [1.54, 1.807) is 6.20 Å². The Kier molecular flexibility index (Phi) is 3.78. The number of nitrogens with one attached hydrogen (secondary N) is 1. The number of benzene rings is 2. The normalized spacial score (nSPS) is 20.6. The zero-order chi connectivity index (χ0) is 16.5. The van der Waals surface area contributed by atoms with Gasteiger partial charge in [-0.05, 0) is 24.1 Å². The predicted molar refractivity (Wildman–Crippen MR) is 93.7 cm³/mol. The van der Waals surface area contributed by atoms with Crippen LogP contribution in [-0.4, -0.2) is 40.6 Å². The molecule has 5 nitrogen and oxygen atoms in total. The molecule has 1 aromatic heterocycles. The smallest absolute Gasteiger partial charge is 0.256 e. The average molecular weight is 320 g/mol. The highest BCUT2D eigenvalue weighted by Crippen LogP contribution is 2.33. The van der Waals surface area contributed by atoms with E-state index in [9.17, 15) is 4.79 Å². The van der Waals surface area contributed by atoms with E-state index < -0.39 is 0 Å². The standard InChI is InChI=1S/C19H20N4O/c20-9-15-11-23(12-17(15)13-5-2-1-3-6-13)19(24)16-8-4-7-14-10-21-22-18(14)16/h1-8,10,15,17H,9,11-12,20H2,(H,21,22)/t15-,17+/m1/s1. The van der Waals surface area contributed by atoms with Crippen LogP contribution in [0.3, 0.4) is 0 Å². The molecule has 0 spiro atoms. The Morgan fingerprint density at radius 3 is 2.79 bits per heavy atom. The van der Waals surface area contributed by atoms with Crippen LogP contribution in [0.25, 0.3) is 10.9 Å². The maximum absolute atomic E-state index is 13.0. The maximum atomic E-state index is 13.0. The van der Waals surface area contributed by atoms with E-state index in [2.05, 4.69) is 22.3 Å². The Morgan fingerprint density at radius 2 is 2.00 bits per heavy atom. The summed E-state index contributed by atoms with van der Waals surface area (Å²) >= 11 is 0. The fraction of sp³-hybridized carbons (Fsp3) is 0.263. The Labute approximate surface area is 140 Å². The van der Waals surface area contributed by atoms with Gasteiger partial charge in [0.25, 0.3) is 5.91 Å². The van der Waals surface area contributed by atoms with Crippen LogP contribution in [0.4, 0.5) is 0 Å². The van der Waals surface area contributed by atoms with Crippen molar-refractivity contribution in [3.63, 3.8) is 0 Å². The summed E-state index contributed by atoms with van der Waals surface area (Å²) < 4.78 is 0. The fourth-order valence-corrected chi connectivity index (χ4v) is 3.67. The van der Waals surface area contributed by atoms with Gasteiger partial charge < -0.3 is 10.6 Å². The van der Waals surface area contributed by atoms with Gasteiger partial charge in [-0.3, -0.25) is 9.89 Å². The van der Waals surface area contributed by atoms with E-state index in [-0.39, 0.29) is 11.8 Å². The molecule has 2 atom stereocenters. The van der Waals surface area contributed by atoms with Gasteiger partial charge in [0, 0.05) is 24.4 Å². The van der Waals surface area contributed by atoms with E-state index >= 15 is 0 Å². The van der Waals surface area contributed by atoms with Crippen molar-refractivity contribution < 1.29 is 4.79 Å². The van der Waals surface area contributed by atoms with E-state index in [0.717, 1.165) is 10.9 Å². The van der Waals surface area contributed by atoms with Gasteiger partial charge in [0.2, 0.25) is 0 Å². The molecule has 1 saturated heterocycles. The highest BCUT2D eigenvalue weighted by atomic mass is 16.2. The lowest BCUT2D eigenvalue weighted by molar-refractivity contribution is 0.0788. The van der Waals surface area contributed by atoms with E-state index in [1.165, 1.54) is 5.56 Å². The first-order valence-electron chi connectivity index (χ1n) is 8.24. The highest BCUT2D eigenvalue weighted by molar-refractivity contribution is 6.05. The molecule has 24 heavy (non-hydrogen) atoms. The van der Waals surface area contributed by atoms with Gasteiger partial charge in [0.05, 0.1) is 17.3 Å². The summed E-state index contributed by atoms with van der Waals surface area (Å²) in [4.78, 5) is 15.0. The van der Waals surface area contributed by atoms with Gasteiger partial charge in [-0.25, -0.2) is 0 Å². The summed E-state index contributed by atoms with van der Waals surface area (Å²) in [6.45, 7) is 1.98. The number of fused-ring (bicyclic) bond motifs is 1. The van der Waals surface area contributed by atoms with Gasteiger partial charge in [-0.15, -0.1) is 0 Å². The second-order valence-electron chi connectivity index (χ2n) is 6.36. The van der Waals surface area contributed by atoms with Crippen LogP contribution >= 0.6 is 0 Å². The molecule has 0 saturated carbocycles. The summed E-state index contributed by atoms with van der Waals surface area (Å²) in [6, 6.07) is 16.0. The van der Waals surface area contributed by atoms with Crippen LogP contribution in [0.15, 0.2) is 54.7 Å². The molecule has 1 aliphatic heterocycles. The summed E-state index contributed by atoms with van der Waals surface area (Å²) in [5.41, 5.74) is 8.71. The average Bonchev–Trinajstić information content (AvgIpc) is 3.28. The monoisotopic (exact) mass is 320 g/mol. The lowest BCUT2D eigenvalue weighted by Crippen LogP contribution is -2.30. The third-order valence-corrected chi connectivity index (χ3v) is 4.97. The third kappa shape index (κ3) is 2.47. The number of para-hydroxylation sites is 1. The molecule has 3 aromatic rings. The Hall–Kier alpha value is -2.66. The van der Waals surface area contributed by atoms with Crippen LogP contribution < -0.4 is 5.73 Å². The number of rotatable bonds is 3. The summed E-state index contributed by atoms with van der Waals surface area (Å²) in [7, 11) is 0. The highest BCUT2D eigenvalue weighted by Gasteiger charge is 2.36. The van der Waals surface area contributed by atoms with Crippen molar-refractivity contribution in [1.29, 1.82) is 0 Å². The van der Waals surface area contributed by atoms with Crippen molar-refractivity contribution in [2.24, 2.45) is 11.7 Å². The second kappa shape index (κ2) is 6.09. The van der Waals surface area contributed by atoms with Crippen molar-refractivity contribution >= 4 is 16.8 Å². The van der Waals surface area contributed by atoms with Crippen LogP contribution in [0.2, 0.25) is 0 Å². The Morgan fingerprint density at radius 1 is 1.17 bits per heavy atom. The number of H-pyrrole nitrogens is 1. The molecular formula is C19H20N4O. The molecule has 4 rings (SSSR count). The lowest BCUT2D eigenvalue weighted by Gasteiger charge is -2.17. The number of nitrogens with two attached hydrogens (primary N) is 1. The third-order valence-electron chi connectivity index (χ3n) is 4.97. The van der Waals surface area contributed by atoms with E-state index in [4.69, 9.17) is 5.73 Å². The van der Waals surface area contributed by atoms with Crippen LogP contribution in [0, 0.1) is 5.92 Å². The van der Waals surface area contributed by atoms with Crippen molar-refractivity contribution in [3.05, 3.63) is 65.9 Å². The number of nitrogens with zero attached hydrogens (tertiary/aromatic N) is 2. The fourth-order valence-electron chi connectivity index (χ4n) is 3.67. The number of carbonyl (C=O) groups excluding carboxylic acids is 1. The van der Waals surface area contributed by atoms with Crippen LogP contribution in [-0.2, 0) is 0 Å². The van der Waals surface area contributed by atoms with Crippen LogP contribution in [0.1, 0.15) is 21.8 Å². The van der Waals surface area contributed by atoms with Crippen molar-refractivity contribution in [2.45, 2.75) is 5.92 Å². The topological polar surface area (TPSA) is 75.0 Å². The summed E-state index contributed by atoms with van der Waals surface area (Å²) in [6.07, 6.45) is 1.74. The number of likely N-dealkylation sites (tertiary alicyclic amines) is 1. The van der Waals surface area contributed by atoms with Gasteiger partial charge in [-0.1, -0.05) is 42.5 Å². The van der Waals surface area contributed by atoms with Gasteiger partial charge in [0.1, 0.15) is 0 Å². The minimum absolute atomic E-state index is 0.0433. The zero-order valence-corrected chi connectivity index (χ0v) is 13.4. The number of hydrogen-bond donors (Lipinski definition) is 2. The Bertz CT molecular complexity index is 858. The maximum Gasteiger partial charge on any atom is 0.256 e. The molecule has 0 bridgehead atoms. The van der Waals surface area contributed by atoms with E-state index in [1.807, 2.05) is 41.3 Å². The molecule has 1 fully saturated rings. The molecule has 2 aromatic carbocycles. The molecule has 0 unspecified atom stereocenters. The summed E-state index contributed by atoms with van der Waals surface area (Å²) in [5, 5.41) is 7.94. The molecular weight excluding hydrogens is 300 g/mol. The lowest BCUT2D eigenvalue weighted by atomic mass is 9.89. The minimum Gasteiger partial charge on any atom is -0.338 e. The predicted octanol–water partition coefficient (Wildman–Crippen LogP) is 2.38. The van der Waals surface area contributed by atoms with Crippen molar-refractivity contribution in [3.8, 4) is 0 Å². The first-order chi connectivity index (χ1) is 11.8. The van der Waals surface area contributed by atoms with Crippen LogP contribution in [0.5, 0.6) is 0 Å². The second-order valence-corrected chi connectivity index (χ2v) is 6.36. The molecule has 122 valence electrons. The first-order valence-corrected chi connectivity index (χ1v) is 8.24. The number of aromatic nitrogens is 2. The number of carbonyl (C=O) groups is 1. The van der Waals surface area contributed by atoms with Crippen molar-refractivity contribution in [2.75, 3.05) is 19.6 Å². The molecule has 1 aliphatic rings. The number of aromatic amines is 1. The van der Waals surface area contributed by atoms with E-state index in [0.29, 0.717) is 31.1 Å². The van der Waals surface area contributed by atoms with Gasteiger partial charge in [0.15, 0.2) is 0 Å². The minimum atomic E-state index is 0.0433. The number of hydrogen-bond acceptors (Lipinski definition) is 3. The van der Waals surface area contributed by atoms with Gasteiger partial charge in [-0.2, -0.15) is 5.10 Å². The van der Waals surface area contributed by atoms with Gasteiger partial charge >= 0.3 is 0 Å². The largest absolute Gasteiger partial charge is 0.338 e.